The quantitative estimate of drug-likeness (QED) is 0.509. The summed E-state index contributed by atoms with van der Waals surface area (Å²) in [6.45, 7) is 0. The van der Waals surface area contributed by atoms with Crippen LogP contribution in [0.15, 0.2) is 24.3 Å². The normalized spacial score (nSPS) is 9.30. The van der Waals surface area contributed by atoms with Gasteiger partial charge in [-0.15, -0.1) is 11.6 Å². The highest BCUT2D eigenvalue weighted by Crippen LogP contribution is 2.14. The predicted molar refractivity (Wildman–Crippen MR) is 42.4 cm³/mol. The van der Waals surface area contributed by atoms with E-state index in [1.54, 1.807) is 18.2 Å². The van der Waals surface area contributed by atoms with E-state index in [4.69, 9.17) is 16.7 Å². The van der Waals surface area contributed by atoms with E-state index < -0.39 is 0 Å². The molecule has 0 atom stereocenters. The molecule has 0 spiro atoms. The Morgan fingerprint density at radius 2 is 2.30 bits per heavy atom. The first-order valence-corrected chi connectivity index (χ1v) is 3.45. The summed E-state index contributed by atoms with van der Waals surface area (Å²) in [7, 11) is 0. The van der Waals surface area contributed by atoms with Gasteiger partial charge in [0.2, 0.25) is 0 Å². The van der Waals surface area contributed by atoms with Crippen LogP contribution in [0.5, 0.6) is 5.75 Å². The number of hydrogen-bond donors (Lipinski definition) is 2. The van der Waals surface area contributed by atoms with E-state index in [0.29, 0.717) is 6.00 Å². The third-order valence-electron chi connectivity index (χ3n) is 1.12. The maximum atomic E-state index is 8.96. The average Bonchev–Trinajstić information content (AvgIpc) is 1.88. The molecule has 0 amide bonds. The van der Waals surface area contributed by atoms with Crippen molar-refractivity contribution in [2.75, 3.05) is 11.3 Å². The van der Waals surface area contributed by atoms with Gasteiger partial charge in [-0.05, 0) is 12.1 Å². The lowest BCUT2D eigenvalue weighted by Crippen LogP contribution is -1.92. The maximum Gasteiger partial charge on any atom is 0.117 e. The van der Waals surface area contributed by atoms with Crippen LogP contribution in [0.4, 0.5) is 5.69 Å². The van der Waals surface area contributed by atoms with Crippen LogP contribution < -0.4 is 5.32 Å². The lowest BCUT2D eigenvalue weighted by Gasteiger charge is -2.00. The van der Waals surface area contributed by atoms with E-state index in [2.05, 4.69) is 5.32 Å². The third-order valence-corrected chi connectivity index (χ3v) is 1.25. The fourth-order valence-corrected chi connectivity index (χ4v) is 0.847. The van der Waals surface area contributed by atoms with E-state index in [0.717, 1.165) is 5.69 Å². The smallest absolute Gasteiger partial charge is 0.117 e. The van der Waals surface area contributed by atoms with Gasteiger partial charge < -0.3 is 10.4 Å². The lowest BCUT2D eigenvalue weighted by atomic mass is 10.3. The molecule has 0 aromatic heterocycles. The van der Waals surface area contributed by atoms with Gasteiger partial charge in [-0.2, -0.15) is 0 Å². The van der Waals surface area contributed by atoms with Gasteiger partial charge in [0.05, 0.1) is 6.00 Å². The number of anilines is 1. The van der Waals surface area contributed by atoms with Crippen LogP contribution in [0.25, 0.3) is 0 Å². The zero-order valence-corrected chi connectivity index (χ0v) is 6.10. The van der Waals surface area contributed by atoms with E-state index in [1.807, 2.05) is 6.07 Å². The molecule has 0 aliphatic rings. The number of halogens is 1. The van der Waals surface area contributed by atoms with Crippen molar-refractivity contribution in [3.63, 3.8) is 0 Å². The minimum absolute atomic E-state index is 0.245. The molecular weight excluding hydrogens is 150 g/mol. The molecule has 1 rings (SSSR count). The molecule has 0 fully saturated rings. The second-order valence-corrected chi connectivity index (χ2v) is 2.13. The standard InChI is InChI=1S/C7H8ClNO/c8-5-9-6-2-1-3-7(10)4-6/h1-4,9-10H,5H2. The summed E-state index contributed by atoms with van der Waals surface area (Å²) in [6, 6.07) is 7.16. The molecule has 2 N–H and O–H groups in total. The van der Waals surface area contributed by atoms with Crippen LogP contribution >= 0.6 is 11.6 Å². The molecule has 0 aliphatic carbocycles. The zero-order chi connectivity index (χ0) is 7.40. The van der Waals surface area contributed by atoms with Gasteiger partial charge >= 0.3 is 0 Å². The molecule has 0 aliphatic heterocycles. The van der Waals surface area contributed by atoms with Crippen molar-refractivity contribution in [1.82, 2.24) is 0 Å². The highest BCUT2D eigenvalue weighted by atomic mass is 35.5. The number of alkyl halides is 1. The molecule has 0 unspecified atom stereocenters. The molecule has 0 radical (unpaired) electrons. The zero-order valence-electron chi connectivity index (χ0n) is 5.34. The molecule has 1 aromatic carbocycles. The van der Waals surface area contributed by atoms with Crippen molar-refractivity contribution >= 4 is 17.3 Å². The monoisotopic (exact) mass is 157 g/mol. The van der Waals surface area contributed by atoms with Gasteiger partial charge in [0.15, 0.2) is 0 Å². The van der Waals surface area contributed by atoms with E-state index in [1.165, 1.54) is 0 Å². The number of rotatable bonds is 2. The molecule has 2 nitrogen and oxygen atoms in total. The van der Waals surface area contributed by atoms with Crippen LogP contribution in [0.2, 0.25) is 0 Å². The maximum absolute atomic E-state index is 8.96. The van der Waals surface area contributed by atoms with Crippen LogP contribution in [-0.2, 0) is 0 Å². The second-order valence-electron chi connectivity index (χ2n) is 1.86. The number of nitrogens with one attached hydrogen (secondary N) is 1. The Bertz CT molecular complexity index is 215. The van der Waals surface area contributed by atoms with Crippen LogP contribution in [0.3, 0.4) is 0 Å². The van der Waals surface area contributed by atoms with E-state index >= 15 is 0 Å². The number of aromatic hydroxyl groups is 1. The number of hydrogen-bond acceptors (Lipinski definition) is 2. The van der Waals surface area contributed by atoms with Gasteiger partial charge in [0, 0.05) is 11.8 Å². The van der Waals surface area contributed by atoms with Crippen molar-refractivity contribution in [1.29, 1.82) is 0 Å². The van der Waals surface area contributed by atoms with Crippen LogP contribution in [-0.4, -0.2) is 11.1 Å². The third kappa shape index (κ3) is 1.81. The van der Waals surface area contributed by atoms with Gasteiger partial charge in [-0.25, -0.2) is 0 Å². The molecule has 0 saturated heterocycles. The SMILES string of the molecule is Oc1cccc(NCCl)c1. The Morgan fingerprint density at radius 1 is 1.50 bits per heavy atom. The van der Waals surface area contributed by atoms with Crippen molar-refractivity contribution in [3.8, 4) is 5.75 Å². The fraction of sp³-hybridized carbons (Fsp3) is 0.143. The molecule has 10 heavy (non-hydrogen) atoms. The predicted octanol–water partition coefficient (Wildman–Crippen LogP) is 2.00. The van der Waals surface area contributed by atoms with E-state index in [9.17, 15) is 0 Å². The highest BCUT2D eigenvalue weighted by Gasteiger charge is 1.89. The summed E-state index contributed by atoms with van der Waals surface area (Å²) in [5.74, 6) is 0.245. The Labute approximate surface area is 64.4 Å². The first-order chi connectivity index (χ1) is 4.83. The van der Waals surface area contributed by atoms with Crippen molar-refractivity contribution in [2.45, 2.75) is 0 Å². The highest BCUT2D eigenvalue weighted by molar-refractivity contribution is 6.18. The Balaban J connectivity index is 2.75. The fourth-order valence-electron chi connectivity index (χ4n) is 0.693. The summed E-state index contributed by atoms with van der Waals surface area (Å²) in [5.41, 5.74) is 0.829. The van der Waals surface area contributed by atoms with Gasteiger partial charge in [-0.3, -0.25) is 0 Å². The first-order valence-electron chi connectivity index (χ1n) is 2.92. The Hall–Kier alpha value is -0.890. The van der Waals surface area contributed by atoms with Gasteiger partial charge in [-0.1, -0.05) is 6.07 Å². The molecular formula is C7H8ClNO. The first kappa shape index (κ1) is 7.22. The van der Waals surface area contributed by atoms with Gasteiger partial charge in [0.1, 0.15) is 5.75 Å². The van der Waals surface area contributed by atoms with Crippen molar-refractivity contribution < 1.29 is 5.11 Å². The van der Waals surface area contributed by atoms with Gasteiger partial charge in [0.25, 0.3) is 0 Å². The summed E-state index contributed by atoms with van der Waals surface area (Å²) < 4.78 is 0. The largest absolute Gasteiger partial charge is 0.508 e. The summed E-state index contributed by atoms with van der Waals surface area (Å²) in [5, 5.41) is 11.8. The molecule has 0 bridgehead atoms. The van der Waals surface area contributed by atoms with E-state index in [-0.39, 0.29) is 5.75 Å². The Morgan fingerprint density at radius 3 is 2.90 bits per heavy atom. The molecule has 0 heterocycles. The summed E-state index contributed by atoms with van der Waals surface area (Å²) >= 11 is 5.40. The minimum atomic E-state index is 0.245. The number of benzene rings is 1. The number of phenols is 1. The minimum Gasteiger partial charge on any atom is -0.508 e. The molecule has 0 saturated carbocycles. The molecule has 1 aromatic rings. The molecule has 3 heteroatoms. The Kier molecular flexibility index (Phi) is 2.40. The summed E-state index contributed by atoms with van der Waals surface area (Å²) in [6.07, 6.45) is 0. The summed E-state index contributed by atoms with van der Waals surface area (Å²) in [4.78, 5) is 0. The van der Waals surface area contributed by atoms with Crippen molar-refractivity contribution in [2.24, 2.45) is 0 Å². The van der Waals surface area contributed by atoms with Crippen molar-refractivity contribution in [3.05, 3.63) is 24.3 Å². The molecule has 54 valence electrons. The average molecular weight is 158 g/mol. The lowest BCUT2D eigenvalue weighted by molar-refractivity contribution is 0.475. The van der Waals surface area contributed by atoms with Crippen LogP contribution in [0.1, 0.15) is 0 Å². The van der Waals surface area contributed by atoms with Crippen LogP contribution in [0, 0.1) is 0 Å². The number of phenolic OH excluding ortho intramolecular Hbond substituents is 1. The second kappa shape index (κ2) is 3.32. The topological polar surface area (TPSA) is 32.3 Å².